The van der Waals surface area contributed by atoms with Gasteiger partial charge in [0.25, 0.3) is 5.91 Å². The van der Waals surface area contributed by atoms with Crippen LogP contribution in [0.15, 0.2) is 47.8 Å². The molecule has 27 heavy (non-hydrogen) atoms. The SMILES string of the molecule is O=C(O)c1ccccc1C(=O)Nc1nc(-c2ccc3c(c2)CCCC3)cs1. The Morgan fingerprint density at radius 2 is 1.74 bits per heavy atom. The maximum Gasteiger partial charge on any atom is 0.336 e. The van der Waals surface area contributed by atoms with Gasteiger partial charge in [-0.05, 0) is 55.0 Å². The maximum absolute atomic E-state index is 12.5. The van der Waals surface area contributed by atoms with Crippen LogP contribution in [0, 0.1) is 0 Å². The number of carboxylic acid groups (broad SMARTS) is 1. The normalized spacial score (nSPS) is 13.0. The van der Waals surface area contributed by atoms with Gasteiger partial charge in [-0.2, -0.15) is 0 Å². The van der Waals surface area contributed by atoms with E-state index >= 15 is 0 Å². The van der Waals surface area contributed by atoms with E-state index in [0.717, 1.165) is 24.1 Å². The third-order valence-electron chi connectivity index (χ3n) is 4.77. The van der Waals surface area contributed by atoms with Crippen molar-refractivity contribution in [2.45, 2.75) is 25.7 Å². The lowest BCUT2D eigenvalue weighted by Gasteiger charge is -2.16. The van der Waals surface area contributed by atoms with Gasteiger partial charge >= 0.3 is 5.97 Å². The summed E-state index contributed by atoms with van der Waals surface area (Å²) in [7, 11) is 0. The van der Waals surface area contributed by atoms with Crippen LogP contribution in [-0.4, -0.2) is 22.0 Å². The number of fused-ring (bicyclic) bond motifs is 1. The zero-order valence-electron chi connectivity index (χ0n) is 14.6. The Hall–Kier alpha value is -2.99. The molecule has 0 saturated heterocycles. The number of aryl methyl sites for hydroxylation is 2. The summed E-state index contributed by atoms with van der Waals surface area (Å²) in [5.74, 6) is -1.60. The number of amides is 1. The number of benzene rings is 2. The number of carbonyl (C=O) groups is 2. The van der Waals surface area contributed by atoms with Gasteiger partial charge < -0.3 is 5.11 Å². The van der Waals surface area contributed by atoms with Crippen molar-refractivity contribution in [1.29, 1.82) is 0 Å². The Morgan fingerprint density at radius 3 is 2.52 bits per heavy atom. The zero-order chi connectivity index (χ0) is 18.8. The minimum absolute atomic E-state index is 0.0264. The topological polar surface area (TPSA) is 79.3 Å². The molecule has 1 aromatic heterocycles. The van der Waals surface area contributed by atoms with Gasteiger partial charge in [0.1, 0.15) is 0 Å². The van der Waals surface area contributed by atoms with Crippen LogP contribution in [0.2, 0.25) is 0 Å². The van der Waals surface area contributed by atoms with Gasteiger partial charge in [-0.15, -0.1) is 11.3 Å². The van der Waals surface area contributed by atoms with Crippen molar-refractivity contribution < 1.29 is 14.7 Å². The summed E-state index contributed by atoms with van der Waals surface area (Å²) < 4.78 is 0. The molecular weight excluding hydrogens is 360 g/mol. The number of carbonyl (C=O) groups excluding carboxylic acids is 1. The summed E-state index contributed by atoms with van der Waals surface area (Å²) in [5.41, 5.74) is 4.75. The monoisotopic (exact) mass is 378 g/mol. The second-order valence-electron chi connectivity index (χ2n) is 6.53. The van der Waals surface area contributed by atoms with Crippen molar-refractivity contribution in [2.75, 3.05) is 5.32 Å². The van der Waals surface area contributed by atoms with Gasteiger partial charge in [0, 0.05) is 10.9 Å². The van der Waals surface area contributed by atoms with Crippen LogP contribution in [0.5, 0.6) is 0 Å². The molecule has 0 aliphatic heterocycles. The molecule has 0 unspecified atom stereocenters. The van der Waals surface area contributed by atoms with Crippen LogP contribution in [0.25, 0.3) is 11.3 Å². The average molecular weight is 378 g/mol. The highest BCUT2D eigenvalue weighted by Crippen LogP contribution is 2.29. The third kappa shape index (κ3) is 3.61. The Bertz CT molecular complexity index is 1030. The molecule has 1 aliphatic rings. The first-order valence-electron chi connectivity index (χ1n) is 8.83. The summed E-state index contributed by atoms with van der Waals surface area (Å²) in [4.78, 5) is 28.3. The minimum Gasteiger partial charge on any atom is -0.478 e. The van der Waals surface area contributed by atoms with E-state index in [-0.39, 0.29) is 11.1 Å². The Balaban J connectivity index is 1.55. The zero-order valence-corrected chi connectivity index (χ0v) is 15.4. The van der Waals surface area contributed by atoms with E-state index in [4.69, 9.17) is 0 Å². The summed E-state index contributed by atoms with van der Waals surface area (Å²) >= 11 is 1.33. The van der Waals surface area contributed by atoms with E-state index in [1.807, 2.05) is 5.38 Å². The summed E-state index contributed by atoms with van der Waals surface area (Å²) in [6.45, 7) is 0. The second kappa shape index (κ2) is 7.32. The predicted molar refractivity (Wildman–Crippen MR) is 106 cm³/mol. The number of hydrogen-bond donors (Lipinski definition) is 2. The van der Waals surface area contributed by atoms with E-state index in [9.17, 15) is 14.7 Å². The smallest absolute Gasteiger partial charge is 0.336 e. The van der Waals surface area contributed by atoms with Crippen LogP contribution in [-0.2, 0) is 12.8 Å². The molecule has 6 heteroatoms. The predicted octanol–water partition coefficient (Wildman–Crippen LogP) is 4.64. The molecule has 1 heterocycles. The van der Waals surface area contributed by atoms with Crippen LogP contribution in [0.3, 0.4) is 0 Å². The molecular formula is C21H18N2O3S. The van der Waals surface area contributed by atoms with Crippen LogP contribution in [0.1, 0.15) is 44.7 Å². The first-order valence-corrected chi connectivity index (χ1v) is 9.71. The van der Waals surface area contributed by atoms with Gasteiger partial charge in [0.15, 0.2) is 5.13 Å². The van der Waals surface area contributed by atoms with Gasteiger partial charge in [0.2, 0.25) is 0 Å². The lowest BCUT2D eigenvalue weighted by Crippen LogP contribution is -2.16. The molecule has 0 fully saturated rings. The molecule has 0 radical (unpaired) electrons. The number of thiazole rings is 1. The van der Waals surface area contributed by atoms with Gasteiger partial charge in [-0.25, -0.2) is 9.78 Å². The highest BCUT2D eigenvalue weighted by atomic mass is 32.1. The number of anilines is 1. The number of aromatic carboxylic acids is 1. The molecule has 2 N–H and O–H groups in total. The van der Waals surface area contributed by atoms with Crippen LogP contribution < -0.4 is 5.32 Å². The second-order valence-corrected chi connectivity index (χ2v) is 7.39. The molecule has 0 bridgehead atoms. The van der Waals surface area contributed by atoms with Crippen molar-refractivity contribution in [3.05, 3.63) is 70.1 Å². The average Bonchev–Trinajstić information content (AvgIpc) is 3.16. The molecule has 5 nitrogen and oxygen atoms in total. The van der Waals surface area contributed by atoms with E-state index in [0.29, 0.717) is 5.13 Å². The van der Waals surface area contributed by atoms with Gasteiger partial charge in [-0.3, -0.25) is 10.1 Å². The Kier molecular flexibility index (Phi) is 4.73. The van der Waals surface area contributed by atoms with Crippen molar-refractivity contribution in [2.24, 2.45) is 0 Å². The molecule has 4 rings (SSSR count). The van der Waals surface area contributed by atoms with E-state index in [2.05, 4.69) is 28.5 Å². The number of hydrogen-bond acceptors (Lipinski definition) is 4. The highest BCUT2D eigenvalue weighted by molar-refractivity contribution is 7.14. The lowest BCUT2D eigenvalue weighted by atomic mass is 9.90. The lowest BCUT2D eigenvalue weighted by molar-refractivity contribution is 0.0692. The fraction of sp³-hybridized carbons (Fsp3) is 0.190. The van der Waals surface area contributed by atoms with E-state index < -0.39 is 11.9 Å². The number of rotatable bonds is 4. The maximum atomic E-state index is 12.5. The van der Waals surface area contributed by atoms with Crippen molar-refractivity contribution in [3.8, 4) is 11.3 Å². The molecule has 3 aromatic rings. The molecule has 0 atom stereocenters. The number of nitrogens with zero attached hydrogens (tertiary/aromatic N) is 1. The summed E-state index contributed by atoms with van der Waals surface area (Å²) in [5, 5.41) is 14.3. The quantitative estimate of drug-likeness (QED) is 0.693. The number of nitrogens with one attached hydrogen (secondary N) is 1. The van der Waals surface area contributed by atoms with Crippen molar-refractivity contribution in [1.82, 2.24) is 4.98 Å². The van der Waals surface area contributed by atoms with Crippen molar-refractivity contribution in [3.63, 3.8) is 0 Å². The Morgan fingerprint density at radius 1 is 1.00 bits per heavy atom. The van der Waals surface area contributed by atoms with Gasteiger partial charge in [-0.1, -0.05) is 24.3 Å². The number of carboxylic acids is 1. The molecule has 2 aromatic carbocycles. The first kappa shape index (κ1) is 17.4. The van der Waals surface area contributed by atoms with Gasteiger partial charge in [0.05, 0.1) is 16.8 Å². The minimum atomic E-state index is -1.13. The molecule has 1 aliphatic carbocycles. The summed E-state index contributed by atoms with van der Waals surface area (Å²) in [6, 6.07) is 12.6. The molecule has 0 spiro atoms. The van der Waals surface area contributed by atoms with Crippen LogP contribution in [0.4, 0.5) is 5.13 Å². The molecule has 136 valence electrons. The molecule has 0 saturated carbocycles. The van der Waals surface area contributed by atoms with Crippen LogP contribution >= 0.6 is 11.3 Å². The largest absolute Gasteiger partial charge is 0.478 e. The summed E-state index contributed by atoms with van der Waals surface area (Å²) in [6.07, 6.45) is 4.70. The molecule has 1 amide bonds. The van der Waals surface area contributed by atoms with E-state index in [1.54, 1.807) is 12.1 Å². The van der Waals surface area contributed by atoms with Crippen molar-refractivity contribution >= 4 is 28.3 Å². The fourth-order valence-corrected chi connectivity index (χ4v) is 4.10. The fourth-order valence-electron chi connectivity index (χ4n) is 3.39. The van der Waals surface area contributed by atoms with E-state index in [1.165, 1.54) is 47.4 Å². The first-order chi connectivity index (χ1) is 13.1. The third-order valence-corrected chi connectivity index (χ3v) is 5.53. The highest BCUT2D eigenvalue weighted by Gasteiger charge is 2.17. The standard InChI is InChI=1S/C21H18N2O3S/c24-19(16-7-3-4-8-17(16)20(25)26)23-21-22-18(12-27-21)15-10-9-13-5-1-2-6-14(13)11-15/h3-4,7-12H,1-2,5-6H2,(H,25,26)(H,22,23,24). The number of aromatic nitrogens is 1. The Labute approximate surface area is 160 Å².